The quantitative estimate of drug-likeness (QED) is 0.884. The summed E-state index contributed by atoms with van der Waals surface area (Å²) in [5.74, 6) is -1.52. The van der Waals surface area contributed by atoms with Gasteiger partial charge in [0.2, 0.25) is 5.91 Å². The molecule has 0 aromatic heterocycles. The third kappa shape index (κ3) is 3.34. The monoisotopic (exact) mass is 367 g/mol. The SMILES string of the molecule is O=C(O)c1cccc(N2C(=O)CSC2c2ccccc2C(F)(F)F)c1. The van der Waals surface area contributed by atoms with E-state index in [4.69, 9.17) is 5.11 Å². The number of carbonyl (C=O) groups excluding carboxylic acids is 1. The lowest BCUT2D eigenvalue weighted by Gasteiger charge is -2.26. The van der Waals surface area contributed by atoms with Crippen LogP contribution in [0.25, 0.3) is 0 Å². The van der Waals surface area contributed by atoms with Gasteiger partial charge in [-0.3, -0.25) is 9.69 Å². The highest BCUT2D eigenvalue weighted by Crippen LogP contribution is 2.46. The Balaban J connectivity index is 2.08. The Kier molecular flexibility index (Phi) is 4.47. The summed E-state index contributed by atoms with van der Waals surface area (Å²) >= 11 is 1.08. The molecule has 130 valence electrons. The summed E-state index contributed by atoms with van der Waals surface area (Å²) in [7, 11) is 0. The summed E-state index contributed by atoms with van der Waals surface area (Å²) in [6.07, 6.45) is -4.54. The normalized spacial score (nSPS) is 17.8. The van der Waals surface area contributed by atoms with E-state index >= 15 is 0 Å². The minimum Gasteiger partial charge on any atom is -0.478 e. The maximum Gasteiger partial charge on any atom is 0.416 e. The van der Waals surface area contributed by atoms with E-state index in [0.29, 0.717) is 0 Å². The van der Waals surface area contributed by atoms with Crippen molar-refractivity contribution >= 4 is 29.3 Å². The van der Waals surface area contributed by atoms with E-state index in [1.54, 1.807) is 0 Å². The van der Waals surface area contributed by atoms with Gasteiger partial charge in [0.15, 0.2) is 0 Å². The molecule has 3 rings (SSSR count). The predicted molar refractivity (Wildman–Crippen MR) is 87.5 cm³/mol. The minimum absolute atomic E-state index is 0.0217. The summed E-state index contributed by atoms with van der Waals surface area (Å²) in [5.41, 5.74) is -0.602. The first-order valence-corrected chi connectivity index (χ1v) is 8.27. The molecular weight excluding hydrogens is 355 g/mol. The number of amides is 1. The van der Waals surface area contributed by atoms with Crippen molar-refractivity contribution in [3.05, 3.63) is 65.2 Å². The Labute approximate surface area is 145 Å². The van der Waals surface area contributed by atoms with E-state index in [9.17, 15) is 22.8 Å². The van der Waals surface area contributed by atoms with Crippen molar-refractivity contribution < 1.29 is 27.9 Å². The molecule has 1 aliphatic rings. The summed E-state index contributed by atoms with van der Waals surface area (Å²) < 4.78 is 39.9. The number of benzene rings is 2. The molecule has 0 aliphatic carbocycles. The second-order valence-corrected chi connectivity index (χ2v) is 6.44. The van der Waals surface area contributed by atoms with Crippen LogP contribution in [0.2, 0.25) is 0 Å². The van der Waals surface area contributed by atoms with Crippen LogP contribution in [0, 0.1) is 0 Å². The van der Waals surface area contributed by atoms with Gasteiger partial charge in [0.25, 0.3) is 0 Å². The molecule has 1 heterocycles. The van der Waals surface area contributed by atoms with Gasteiger partial charge in [-0.15, -0.1) is 11.8 Å². The van der Waals surface area contributed by atoms with E-state index in [0.717, 1.165) is 17.8 Å². The van der Waals surface area contributed by atoms with Crippen LogP contribution < -0.4 is 4.90 Å². The number of alkyl halides is 3. The van der Waals surface area contributed by atoms with E-state index in [1.807, 2.05) is 0 Å². The molecule has 1 unspecified atom stereocenters. The molecule has 4 nitrogen and oxygen atoms in total. The number of carboxylic acid groups (broad SMARTS) is 1. The molecular formula is C17H12F3NO3S. The van der Waals surface area contributed by atoms with E-state index < -0.39 is 23.1 Å². The van der Waals surface area contributed by atoms with Crippen molar-refractivity contribution in [1.82, 2.24) is 0 Å². The Bertz CT molecular complexity index is 838. The third-order valence-corrected chi connectivity index (χ3v) is 4.97. The summed E-state index contributed by atoms with van der Waals surface area (Å²) in [4.78, 5) is 24.6. The number of thioether (sulfide) groups is 1. The van der Waals surface area contributed by atoms with Gasteiger partial charge in [-0.2, -0.15) is 13.2 Å². The molecule has 1 aliphatic heterocycles. The van der Waals surface area contributed by atoms with Crippen LogP contribution in [-0.2, 0) is 11.0 Å². The maximum atomic E-state index is 13.3. The smallest absolute Gasteiger partial charge is 0.416 e. The fourth-order valence-electron chi connectivity index (χ4n) is 2.69. The van der Waals surface area contributed by atoms with Crippen molar-refractivity contribution in [2.45, 2.75) is 11.6 Å². The molecule has 25 heavy (non-hydrogen) atoms. The largest absolute Gasteiger partial charge is 0.478 e. The fraction of sp³-hybridized carbons (Fsp3) is 0.176. The molecule has 1 saturated heterocycles. The van der Waals surface area contributed by atoms with E-state index in [2.05, 4.69) is 0 Å². The zero-order valence-corrected chi connectivity index (χ0v) is 13.5. The molecule has 1 atom stereocenters. The summed E-state index contributed by atoms with van der Waals surface area (Å²) in [5, 5.41) is 8.23. The van der Waals surface area contributed by atoms with Crippen LogP contribution in [0.4, 0.5) is 18.9 Å². The molecule has 0 bridgehead atoms. The van der Waals surface area contributed by atoms with Crippen molar-refractivity contribution in [1.29, 1.82) is 0 Å². The minimum atomic E-state index is -4.54. The van der Waals surface area contributed by atoms with Gasteiger partial charge >= 0.3 is 12.1 Å². The Morgan fingerprint density at radius 3 is 2.56 bits per heavy atom. The van der Waals surface area contributed by atoms with Gasteiger partial charge in [-0.25, -0.2) is 4.79 Å². The van der Waals surface area contributed by atoms with Gasteiger partial charge in [0.05, 0.1) is 16.9 Å². The fourth-order valence-corrected chi connectivity index (χ4v) is 3.91. The van der Waals surface area contributed by atoms with Crippen LogP contribution in [0.3, 0.4) is 0 Å². The van der Waals surface area contributed by atoms with Crippen LogP contribution in [0.5, 0.6) is 0 Å². The van der Waals surface area contributed by atoms with Crippen LogP contribution in [0.1, 0.15) is 26.9 Å². The number of nitrogens with zero attached hydrogens (tertiary/aromatic N) is 1. The molecule has 1 fully saturated rings. The number of aromatic carboxylic acids is 1. The predicted octanol–water partition coefficient (Wildman–Crippen LogP) is 4.18. The average molecular weight is 367 g/mol. The number of anilines is 1. The Morgan fingerprint density at radius 2 is 1.88 bits per heavy atom. The lowest BCUT2D eigenvalue weighted by molar-refractivity contribution is -0.138. The Hall–Kier alpha value is -2.48. The molecule has 0 radical (unpaired) electrons. The molecule has 0 spiro atoms. The highest BCUT2D eigenvalue weighted by molar-refractivity contribution is 8.00. The first-order chi connectivity index (χ1) is 11.8. The number of halogens is 3. The number of hydrogen-bond donors (Lipinski definition) is 1. The van der Waals surface area contributed by atoms with Crippen LogP contribution >= 0.6 is 11.8 Å². The molecule has 8 heteroatoms. The van der Waals surface area contributed by atoms with Crippen molar-refractivity contribution in [3.8, 4) is 0 Å². The first-order valence-electron chi connectivity index (χ1n) is 7.22. The zero-order chi connectivity index (χ0) is 18.2. The standard InChI is InChI=1S/C17H12F3NO3S/c18-17(19,20)13-7-2-1-6-12(13)15-21(14(22)9-25-15)11-5-3-4-10(8-11)16(23)24/h1-8,15H,9H2,(H,23,24). The number of carbonyl (C=O) groups is 2. The first kappa shape index (κ1) is 17.3. The Morgan fingerprint density at radius 1 is 1.16 bits per heavy atom. The van der Waals surface area contributed by atoms with Gasteiger partial charge in [-0.05, 0) is 29.8 Å². The lowest BCUT2D eigenvalue weighted by Crippen LogP contribution is -2.29. The number of carboxylic acids is 1. The van der Waals surface area contributed by atoms with E-state index in [1.165, 1.54) is 47.4 Å². The van der Waals surface area contributed by atoms with E-state index in [-0.39, 0.29) is 28.5 Å². The van der Waals surface area contributed by atoms with Gasteiger partial charge in [-0.1, -0.05) is 24.3 Å². The molecule has 2 aromatic rings. The van der Waals surface area contributed by atoms with Crippen molar-refractivity contribution in [2.75, 3.05) is 10.7 Å². The lowest BCUT2D eigenvalue weighted by atomic mass is 10.1. The zero-order valence-electron chi connectivity index (χ0n) is 12.7. The van der Waals surface area contributed by atoms with Gasteiger partial charge in [0, 0.05) is 5.69 Å². The van der Waals surface area contributed by atoms with Crippen LogP contribution in [0.15, 0.2) is 48.5 Å². The number of rotatable bonds is 3. The molecule has 0 saturated carbocycles. The molecule has 1 amide bonds. The molecule has 2 aromatic carbocycles. The van der Waals surface area contributed by atoms with Crippen molar-refractivity contribution in [2.24, 2.45) is 0 Å². The van der Waals surface area contributed by atoms with Gasteiger partial charge in [0.1, 0.15) is 5.37 Å². The average Bonchev–Trinajstić information content (AvgIpc) is 2.95. The highest BCUT2D eigenvalue weighted by Gasteiger charge is 2.41. The maximum absolute atomic E-state index is 13.3. The van der Waals surface area contributed by atoms with Crippen molar-refractivity contribution in [3.63, 3.8) is 0 Å². The second-order valence-electron chi connectivity index (χ2n) is 5.37. The number of hydrogen-bond acceptors (Lipinski definition) is 3. The summed E-state index contributed by atoms with van der Waals surface area (Å²) in [6, 6.07) is 10.7. The highest BCUT2D eigenvalue weighted by atomic mass is 32.2. The van der Waals surface area contributed by atoms with Gasteiger partial charge < -0.3 is 5.11 Å². The summed E-state index contributed by atoms with van der Waals surface area (Å²) in [6.45, 7) is 0. The topological polar surface area (TPSA) is 57.6 Å². The third-order valence-electron chi connectivity index (χ3n) is 3.77. The molecule has 1 N–H and O–H groups in total. The van der Waals surface area contributed by atoms with Crippen LogP contribution in [-0.4, -0.2) is 22.7 Å². The second kappa shape index (κ2) is 6.44.